The molecule has 2 aliphatic heterocycles. The second-order valence-electron chi connectivity index (χ2n) is 13.3. The van der Waals surface area contributed by atoms with Crippen molar-refractivity contribution in [1.29, 1.82) is 0 Å². The number of amides is 2. The van der Waals surface area contributed by atoms with E-state index in [0.717, 1.165) is 79.6 Å². The molecule has 5 aromatic rings. The summed E-state index contributed by atoms with van der Waals surface area (Å²) in [6, 6.07) is 8.78. The number of H-pyrrole nitrogens is 1. The highest BCUT2D eigenvalue weighted by Crippen LogP contribution is 2.35. The summed E-state index contributed by atoms with van der Waals surface area (Å²) in [5, 5.41) is 17.5. The van der Waals surface area contributed by atoms with Crippen molar-refractivity contribution in [3.63, 3.8) is 0 Å². The number of hydrogen-bond donors (Lipinski definition) is 3. The molecular formula is C35H41N11O2. The molecule has 1 aliphatic carbocycles. The van der Waals surface area contributed by atoms with Gasteiger partial charge in [0.2, 0.25) is 11.8 Å². The summed E-state index contributed by atoms with van der Waals surface area (Å²) in [7, 11) is 0. The number of imide groups is 1. The summed E-state index contributed by atoms with van der Waals surface area (Å²) in [6.07, 6.45) is 20.2. The van der Waals surface area contributed by atoms with E-state index in [1.54, 1.807) is 12.4 Å². The fourth-order valence-corrected chi connectivity index (χ4v) is 7.57. The Morgan fingerprint density at radius 2 is 1.75 bits per heavy atom. The molecule has 2 saturated heterocycles. The van der Waals surface area contributed by atoms with Crippen LogP contribution in [0.25, 0.3) is 16.9 Å². The zero-order valence-electron chi connectivity index (χ0n) is 27.0. The molecule has 3 fully saturated rings. The summed E-state index contributed by atoms with van der Waals surface area (Å²) in [5.74, 6) is 0.880. The van der Waals surface area contributed by atoms with Crippen LogP contribution in [-0.2, 0) is 9.59 Å². The van der Waals surface area contributed by atoms with E-state index < -0.39 is 0 Å². The number of piperazine rings is 1. The molecule has 3 N–H and O–H groups in total. The number of nitrogens with one attached hydrogen (secondary N) is 3. The van der Waals surface area contributed by atoms with Gasteiger partial charge in [0.15, 0.2) is 11.5 Å². The van der Waals surface area contributed by atoms with Crippen molar-refractivity contribution in [2.75, 3.05) is 42.9 Å². The number of benzene rings is 1. The van der Waals surface area contributed by atoms with Crippen molar-refractivity contribution >= 4 is 34.7 Å². The highest BCUT2D eigenvalue weighted by Gasteiger charge is 2.28. The minimum atomic E-state index is -0.229. The number of hydrogen-bond acceptors (Lipinski definition) is 9. The highest BCUT2D eigenvalue weighted by atomic mass is 16.2. The molecule has 48 heavy (non-hydrogen) atoms. The van der Waals surface area contributed by atoms with Gasteiger partial charge in [0.25, 0.3) is 0 Å². The first-order chi connectivity index (χ1) is 23.6. The number of fused-ring (bicyclic) bond motifs is 1. The fourth-order valence-electron chi connectivity index (χ4n) is 7.57. The van der Waals surface area contributed by atoms with E-state index in [9.17, 15) is 9.59 Å². The minimum absolute atomic E-state index is 0.170. The predicted octanol–water partition coefficient (Wildman–Crippen LogP) is 4.52. The van der Waals surface area contributed by atoms with Crippen LogP contribution in [0.15, 0.2) is 67.6 Å². The highest BCUT2D eigenvalue weighted by molar-refractivity contribution is 6.00. The number of carbonyl (C=O) groups excluding carboxylic acids is 2. The van der Waals surface area contributed by atoms with Crippen LogP contribution in [0.1, 0.15) is 62.5 Å². The molecule has 248 valence electrons. The monoisotopic (exact) mass is 647 g/mol. The lowest BCUT2D eigenvalue weighted by molar-refractivity contribution is -0.134. The topological polar surface area (TPSA) is 141 Å². The zero-order valence-corrected chi connectivity index (χ0v) is 27.0. The van der Waals surface area contributed by atoms with Crippen LogP contribution in [0.2, 0.25) is 0 Å². The van der Waals surface area contributed by atoms with Crippen LogP contribution < -0.4 is 15.5 Å². The van der Waals surface area contributed by atoms with E-state index in [4.69, 9.17) is 5.10 Å². The van der Waals surface area contributed by atoms with E-state index >= 15 is 0 Å². The molecule has 1 aromatic carbocycles. The van der Waals surface area contributed by atoms with Gasteiger partial charge in [-0.1, -0.05) is 12.1 Å². The Morgan fingerprint density at radius 1 is 0.917 bits per heavy atom. The van der Waals surface area contributed by atoms with Gasteiger partial charge in [-0.25, -0.2) is 9.97 Å². The standard InChI is InChI=1S/C35H41N11O2/c47-32-10-9-30(35(48)42-32)25-3-7-28(8-4-25)44-17-15-43(16-18-44)13-11-24-1-5-29(6-2-24)46-23-27(21-40-46)41-33-34-36-12-14-45(34)31(22-37-33)26-19-38-39-20-26/h3-4,7-8,12,14,19-24,29-30H,1-2,5-6,9-11,13,15-18H2,(H,37,41)(H,38,39)(H,42,47,48). The number of nitrogens with zero attached hydrogens (tertiary/aromatic N) is 8. The van der Waals surface area contributed by atoms with E-state index in [0.29, 0.717) is 24.7 Å². The Hall–Kier alpha value is -5.04. The molecule has 13 heteroatoms. The van der Waals surface area contributed by atoms with Crippen molar-refractivity contribution in [2.24, 2.45) is 5.92 Å². The Balaban J connectivity index is 0.782. The van der Waals surface area contributed by atoms with Gasteiger partial charge in [-0.05, 0) is 68.7 Å². The maximum absolute atomic E-state index is 12.2. The quantitative estimate of drug-likeness (QED) is 0.197. The lowest BCUT2D eigenvalue weighted by Gasteiger charge is -2.37. The van der Waals surface area contributed by atoms with Crippen molar-refractivity contribution in [3.05, 3.63) is 73.2 Å². The lowest BCUT2D eigenvalue weighted by atomic mass is 9.84. The average molecular weight is 648 g/mol. The van der Waals surface area contributed by atoms with Gasteiger partial charge in [0, 0.05) is 68.6 Å². The fraction of sp³-hybridized carbons (Fsp3) is 0.429. The smallest absolute Gasteiger partial charge is 0.234 e. The Labute approximate surface area is 278 Å². The van der Waals surface area contributed by atoms with Crippen molar-refractivity contribution in [1.82, 2.24) is 44.6 Å². The molecule has 1 unspecified atom stereocenters. The molecular weight excluding hydrogens is 606 g/mol. The minimum Gasteiger partial charge on any atom is -0.369 e. The first-order valence-corrected chi connectivity index (χ1v) is 17.1. The van der Waals surface area contributed by atoms with Gasteiger partial charge in [-0.3, -0.25) is 34.0 Å². The second-order valence-corrected chi connectivity index (χ2v) is 13.3. The number of carbonyl (C=O) groups is 2. The zero-order chi connectivity index (χ0) is 32.5. The Morgan fingerprint density at radius 3 is 2.52 bits per heavy atom. The summed E-state index contributed by atoms with van der Waals surface area (Å²) in [6.45, 7) is 5.31. The maximum atomic E-state index is 12.2. The molecule has 3 aliphatic rings. The van der Waals surface area contributed by atoms with Crippen LogP contribution in [0.5, 0.6) is 0 Å². The summed E-state index contributed by atoms with van der Waals surface area (Å²) >= 11 is 0. The third kappa shape index (κ3) is 6.29. The molecule has 0 radical (unpaired) electrons. The number of imidazole rings is 1. The molecule has 6 heterocycles. The van der Waals surface area contributed by atoms with E-state index in [2.05, 4.69) is 75.7 Å². The third-order valence-electron chi connectivity index (χ3n) is 10.4. The van der Waals surface area contributed by atoms with Gasteiger partial charge in [-0.15, -0.1) is 0 Å². The SMILES string of the molecule is O=C1CCC(c2ccc(N3CCN(CCC4CCC(n5cc(Nc6ncc(-c7cn[nH]c7)n7ccnc67)cn5)CC4)CC3)cc2)C(=O)N1. The lowest BCUT2D eigenvalue weighted by Crippen LogP contribution is -2.47. The molecule has 0 spiro atoms. The molecule has 1 atom stereocenters. The third-order valence-corrected chi connectivity index (χ3v) is 10.4. The largest absolute Gasteiger partial charge is 0.369 e. The Kier molecular flexibility index (Phi) is 8.35. The first kappa shape index (κ1) is 30.3. The van der Waals surface area contributed by atoms with Crippen molar-refractivity contribution in [3.8, 4) is 11.3 Å². The molecule has 13 nitrogen and oxygen atoms in total. The van der Waals surface area contributed by atoms with Crippen molar-refractivity contribution in [2.45, 2.75) is 56.9 Å². The molecule has 4 aromatic heterocycles. The average Bonchev–Trinajstić information content (AvgIpc) is 3.92. The Bertz CT molecular complexity index is 1860. The summed E-state index contributed by atoms with van der Waals surface area (Å²) in [4.78, 5) is 38.0. The molecule has 1 saturated carbocycles. The van der Waals surface area contributed by atoms with Gasteiger partial charge in [0.05, 0.1) is 41.9 Å². The summed E-state index contributed by atoms with van der Waals surface area (Å²) < 4.78 is 4.13. The number of aromatic amines is 1. The van der Waals surface area contributed by atoms with Crippen LogP contribution in [0.3, 0.4) is 0 Å². The summed E-state index contributed by atoms with van der Waals surface area (Å²) in [5.41, 5.74) is 5.74. The van der Waals surface area contributed by atoms with Gasteiger partial charge in [-0.2, -0.15) is 10.2 Å². The van der Waals surface area contributed by atoms with E-state index in [1.807, 2.05) is 29.2 Å². The van der Waals surface area contributed by atoms with Crippen LogP contribution in [-0.4, -0.2) is 83.8 Å². The number of piperidine rings is 1. The first-order valence-electron chi connectivity index (χ1n) is 17.1. The second kappa shape index (κ2) is 13.2. The van der Waals surface area contributed by atoms with Crippen LogP contribution >= 0.6 is 0 Å². The van der Waals surface area contributed by atoms with Gasteiger partial charge < -0.3 is 10.2 Å². The van der Waals surface area contributed by atoms with Crippen LogP contribution in [0, 0.1) is 5.92 Å². The normalized spacial score (nSPS) is 22.2. The number of aromatic nitrogens is 7. The van der Waals surface area contributed by atoms with Crippen LogP contribution in [0.4, 0.5) is 17.2 Å². The van der Waals surface area contributed by atoms with Gasteiger partial charge in [0.1, 0.15) is 0 Å². The number of anilines is 3. The molecule has 8 rings (SSSR count). The number of rotatable bonds is 9. The van der Waals surface area contributed by atoms with Crippen molar-refractivity contribution < 1.29 is 9.59 Å². The molecule has 2 amide bonds. The van der Waals surface area contributed by atoms with Gasteiger partial charge >= 0.3 is 0 Å². The predicted molar refractivity (Wildman–Crippen MR) is 182 cm³/mol. The van der Waals surface area contributed by atoms with E-state index in [1.165, 1.54) is 24.9 Å². The molecule has 0 bridgehead atoms. The van der Waals surface area contributed by atoms with E-state index in [-0.39, 0.29) is 17.7 Å². The maximum Gasteiger partial charge on any atom is 0.234 e.